The van der Waals surface area contributed by atoms with Crippen LogP contribution in [0.1, 0.15) is 11.4 Å². The number of halogens is 2. The fourth-order valence-corrected chi connectivity index (χ4v) is 4.68. The van der Waals surface area contributed by atoms with E-state index in [1.165, 1.54) is 12.1 Å². The maximum absolute atomic E-state index is 13.5. The van der Waals surface area contributed by atoms with Crippen molar-refractivity contribution in [3.8, 4) is 5.75 Å². The van der Waals surface area contributed by atoms with Gasteiger partial charge in [0.1, 0.15) is 24.0 Å². The van der Waals surface area contributed by atoms with E-state index in [1.54, 1.807) is 6.07 Å². The summed E-state index contributed by atoms with van der Waals surface area (Å²) in [6, 6.07) is 20.2. The van der Waals surface area contributed by atoms with E-state index in [4.69, 9.17) is 4.74 Å². The van der Waals surface area contributed by atoms with Gasteiger partial charge in [-0.2, -0.15) is 0 Å². The summed E-state index contributed by atoms with van der Waals surface area (Å²) < 4.78 is 32.6. The number of piperazine rings is 1. The number of fused-ring (bicyclic) bond motifs is 1. The molecule has 3 aromatic carbocycles. The third-order valence-electron chi connectivity index (χ3n) is 6.77. The average molecular weight is 504 g/mol. The molecule has 8 heteroatoms. The van der Waals surface area contributed by atoms with Crippen molar-refractivity contribution in [2.75, 3.05) is 51.3 Å². The Kier molecular flexibility index (Phi) is 7.58. The van der Waals surface area contributed by atoms with E-state index in [0.717, 1.165) is 72.3 Å². The van der Waals surface area contributed by atoms with Crippen molar-refractivity contribution in [3.05, 3.63) is 89.8 Å². The van der Waals surface area contributed by atoms with Crippen molar-refractivity contribution >= 4 is 22.4 Å². The van der Waals surface area contributed by atoms with Gasteiger partial charge >= 0.3 is 0 Å². The van der Waals surface area contributed by atoms with Crippen LogP contribution in [0.5, 0.6) is 5.75 Å². The number of anilines is 2. The SMILES string of the molecule is Cc1nc(N(C)c2ccc(OCCN3CCN(Cc4ccc(F)c(F)c4)CC3)cc2)c2ccccc2n1. The van der Waals surface area contributed by atoms with Crippen LogP contribution in [0, 0.1) is 18.6 Å². The number of para-hydroxylation sites is 1. The molecule has 0 amide bonds. The zero-order valence-corrected chi connectivity index (χ0v) is 21.2. The van der Waals surface area contributed by atoms with E-state index >= 15 is 0 Å². The Morgan fingerprint density at radius 2 is 1.59 bits per heavy atom. The van der Waals surface area contributed by atoms with Crippen LogP contribution in [-0.4, -0.2) is 66.1 Å². The van der Waals surface area contributed by atoms with Gasteiger partial charge in [-0.1, -0.05) is 18.2 Å². The number of aryl methyl sites for hydroxylation is 1. The summed E-state index contributed by atoms with van der Waals surface area (Å²) in [6.45, 7) is 7.60. The number of hydrogen-bond donors (Lipinski definition) is 0. The highest BCUT2D eigenvalue weighted by molar-refractivity contribution is 5.91. The lowest BCUT2D eigenvalue weighted by Gasteiger charge is -2.34. The monoisotopic (exact) mass is 503 g/mol. The topological polar surface area (TPSA) is 44.7 Å². The number of nitrogens with zero attached hydrogens (tertiary/aromatic N) is 5. The Morgan fingerprint density at radius 3 is 2.35 bits per heavy atom. The molecule has 1 fully saturated rings. The van der Waals surface area contributed by atoms with Gasteiger partial charge in [0.25, 0.3) is 0 Å². The van der Waals surface area contributed by atoms with Crippen LogP contribution in [-0.2, 0) is 6.54 Å². The molecule has 4 aromatic rings. The van der Waals surface area contributed by atoms with Crippen LogP contribution in [0.2, 0.25) is 0 Å². The summed E-state index contributed by atoms with van der Waals surface area (Å²) in [5, 5.41) is 1.01. The van der Waals surface area contributed by atoms with Gasteiger partial charge < -0.3 is 9.64 Å². The molecule has 0 aliphatic carbocycles. The summed E-state index contributed by atoms with van der Waals surface area (Å²) in [5.41, 5.74) is 2.75. The largest absolute Gasteiger partial charge is 0.492 e. The van der Waals surface area contributed by atoms with E-state index in [2.05, 4.69) is 24.7 Å². The molecular formula is C29H31F2N5O. The summed E-state index contributed by atoms with van der Waals surface area (Å²) in [5.74, 6) is 0.860. The second-order valence-electron chi connectivity index (χ2n) is 9.38. The van der Waals surface area contributed by atoms with Crippen LogP contribution >= 0.6 is 0 Å². The first kappa shape index (κ1) is 25.0. The zero-order valence-electron chi connectivity index (χ0n) is 21.2. The first-order valence-corrected chi connectivity index (χ1v) is 12.5. The molecule has 0 N–H and O–H groups in total. The molecule has 0 unspecified atom stereocenters. The van der Waals surface area contributed by atoms with Crippen molar-refractivity contribution in [1.82, 2.24) is 19.8 Å². The van der Waals surface area contributed by atoms with Crippen LogP contribution in [0.3, 0.4) is 0 Å². The number of rotatable bonds is 8. The Balaban J connectivity index is 1.10. The summed E-state index contributed by atoms with van der Waals surface area (Å²) >= 11 is 0. The summed E-state index contributed by atoms with van der Waals surface area (Å²) in [4.78, 5) is 15.9. The number of ether oxygens (including phenoxy) is 1. The molecule has 0 radical (unpaired) electrons. The van der Waals surface area contributed by atoms with Gasteiger partial charge in [-0.05, 0) is 61.0 Å². The van der Waals surface area contributed by atoms with E-state index < -0.39 is 11.6 Å². The van der Waals surface area contributed by atoms with E-state index in [1.807, 2.05) is 62.5 Å². The van der Waals surface area contributed by atoms with E-state index in [0.29, 0.717) is 13.2 Å². The predicted octanol–water partition coefficient (Wildman–Crippen LogP) is 5.18. The van der Waals surface area contributed by atoms with E-state index in [-0.39, 0.29) is 0 Å². The minimum Gasteiger partial charge on any atom is -0.492 e. The lowest BCUT2D eigenvalue weighted by Crippen LogP contribution is -2.47. The molecule has 6 nitrogen and oxygen atoms in total. The standard InChI is InChI=1S/C29H31F2N5O/c1-21-32-28-6-4-3-5-25(28)29(33-21)34(2)23-8-10-24(11-9-23)37-18-17-35-13-15-36(16-14-35)20-22-7-12-26(30)27(31)19-22/h3-12,19H,13-18,20H2,1-2H3. The first-order valence-electron chi connectivity index (χ1n) is 12.5. The van der Waals surface area contributed by atoms with Crippen molar-refractivity contribution in [2.24, 2.45) is 0 Å². The molecule has 1 aliphatic rings. The zero-order chi connectivity index (χ0) is 25.8. The Morgan fingerprint density at radius 1 is 0.865 bits per heavy atom. The highest BCUT2D eigenvalue weighted by atomic mass is 19.2. The van der Waals surface area contributed by atoms with Crippen LogP contribution < -0.4 is 9.64 Å². The van der Waals surface area contributed by atoms with Crippen LogP contribution in [0.4, 0.5) is 20.3 Å². The lowest BCUT2D eigenvalue weighted by molar-refractivity contribution is 0.112. The predicted molar refractivity (Wildman–Crippen MR) is 142 cm³/mol. The molecule has 37 heavy (non-hydrogen) atoms. The highest BCUT2D eigenvalue weighted by Crippen LogP contribution is 2.29. The van der Waals surface area contributed by atoms with Gasteiger partial charge in [-0.25, -0.2) is 18.7 Å². The smallest absolute Gasteiger partial charge is 0.159 e. The molecule has 2 heterocycles. The molecule has 1 aromatic heterocycles. The van der Waals surface area contributed by atoms with Crippen molar-refractivity contribution in [1.29, 1.82) is 0 Å². The molecule has 192 valence electrons. The average Bonchev–Trinajstić information content (AvgIpc) is 2.91. The first-order chi connectivity index (χ1) is 18.0. The minimum atomic E-state index is -0.801. The molecule has 1 aliphatic heterocycles. The molecule has 0 bridgehead atoms. The fourth-order valence-electron chi connectivity index (χ4n) is 4.68. The van der Waals surface area contributed by atoms with Crippen LogP contribution in [0.15, 0.2) is 66.7 Å². The third kappa shape index (κ3) is 6.03. The lowest BCUT2D eigenvalue weighted by atomic mass is 10.2. The highest BCUT2D eigenvalue weighted by Gasteiger charge is 2.18. The molecule has 0 atom stereocenters. The van der Waals surface area contributed by atoms with Gasteiger partial charge in [-0.15, -0.1) is 0 Å². The Labute approximate surface area is 216 Å². The summed E-state index contributed by atoms with van der Waals surface area (Å²) in [6.07, 6.45) is 0. The molecule has 5 rings (SSSR count). The number of benzene rings is 3. The minimum absolute atomic E-state index is 0.605. The maximum Gasteiger partial charge on any atom is 0.159 e. The summed E-state index contributed by atoms with van der Waals surface area (Å²) in [7, 11) is 2.01. The molecular weight excluding hydrogens is 472 g/mol. The number of hydrogen-bond acceptors (Lipinski definition) is 6. The second kappa shape index (κ2) is 11.2. The van der Waals surface area contributed by atoms with Gasteiger partial charge in [0.15, 0.2) is 11.6 Å². The van der Waals surface area contributed by atoms with Gasteiger partial charge in [-0.3, -0.25) is 9.80 Å². The van der Waals surface area contributed by atoms with Crippen molar-refractivity contribution < 1.29 is 13.5 Å². The quantitative estimate of drug-likeness (QED) is 0.330. The van der Waals surface area contributed by atoms with Crippen molar-refractivity contribution in [2.45, 2.75) is 13.5 Å². The van der Waals surface area contributed by atoms with Gasteiger partial charge in [0.05, 0.1) is 5.52 Å². The molecule has 0 saturated carbocycles. The van der Waals surface area contributed by atoms with Crippen molar-refractivity contribution in [3.63, 3.8) is 0 Å². The second-order valence-corrected chi connectivity index (χ2v) is 9.38. The van der Waals surface area contributed by atoms with Crippen LogP contribution in [0.25, 0.3) is 10.9 Å². The van der Waals surface area contributed by atoms with Gasteiger partial charge in [0.2, 0.25) is 0 Å². The number of aromatic nitrogens is 2. The maximum atomic E-state index is 13.5. The Hall–Kier alpha value is -3.62. The van der Waals surface area contributed by atoms with Gasteiger partial charge in [0, 0.05) is 57.4 Å². The molecule has 0 spiro atoms. The van der Waals surface area contributed by atoms with E-state index in [9.17, 15) is 8.78 Å². The Bertz CT molecular complexity index is 1360. The molecule has 1 saturated heterocycles. The fraction of sp³-hybridized carbons (Fsp3) is 0.310. The normalized spacial score (nSPS) is 14.7. The third-order valence-corrected chi connectivity index (χ3v) is 6.77.